The Bertz CT molecular complexity index is 763. The van der Waals surface area contributed by atoms with Crippen molar-refractivity contribution in [2.24, 2.45) is 0 Å². The average Bonchev–Trinajstić information content (AvgIpc) is 2.69. The number of rotatable bonds is 10. The summed E-state index contributed by atoms with van der Waals surface area (Å²) in [5.74, 6) is -0.143. The van der Waals surface area contributed by atoms with E-state index in [0.29, 0.717) is 29.5 Å². The summed E-state index contributed by atoms with van der Waals surface area (Å²) in [6, 6.07) is 14.5. The molecule has 7 heteroatoms. The van der Waals surface area contributed by atoms with Crippen molar-refractivity contribution in [1.29, 1.82) is 0 Å². The smallest absolute Gasteiger partial charge is 0.338 e. The van der Waals surface area contributed by atoms with E-state index in [4.69, 9.17) is 21.1 Å². The van der Waals surface area contributed by atoms with Crippen LogP contribution in [0.5, 0.6) is 0 Å². The van der Waals surface area contributed by atoms with Gasteiger partial charge in [-0.25, -0.2) is 4.79 Å². The minimum atomic E-state index is -0.526. The van der Waals surface area contributed by atoms with E-state index in [0.717, 1.165) is 10.5 Å². The molecule has 1 N–H and O–H groups in total. The van der Waals surface area contributed by atoms with E-state index in [-0.39, 0.29) is 18.6 Å². The van der Waals surface area contributed by atoms with E-state index in [2.05, 4.69) is 5.32 Å². The summed E-state index contributed by atoms with van der Waals surface area (Å²) in [5, 5.41) is 3.42. The number of ether oxygens (including phenoxy) is 2. The maximum Gasteiger partial charge on any atom is 0.338 e. The lowest BCUT2D eigenvalue weighted by Gasteiger charge is -2.09. The molecule has 0 bridgehead atoms. The van der Waals surface area contributed by atoms with Crippen molar-refractivity contribution in [3.05, 3.63) is 64.7 Å². The van der Waals surface area contributed by atoms with E-state index in [9.17, 15) is 9.59 Å². The van der Waals surface area contributed by atoms with Gasteiger partial charge in [-0.3, -0.25) is 4.79 Å². The fraction of sp³-hybridized carbons (Fsp3) is 0.333. The van der Waals surface area contributed by atoms with Crippen LogP contribution in [0.15, 0.2) is 53.4 Å². The highest BCUT2D eigenvalue weighted by Crippen LogP contribution is 2.19. The molecule has 150 valence electrons. The fourth-order valence-electron chi connectivity index (χ4n) is 2.16. The molecule has 0 radical (unpaired) electrons. The molecule has 0 aliphatic carbocycles. The number of hydrogen-bond acceptors (Lipinski definition) is 5. The van der Waals surface area contributed by atoms with Gasteiger partial charge < -0.3 is 14.8 Å². The van der Waals surface area contributed by atoms with E-state index < -0.39 is 5.97 Å². The van der Waals surface area contributed by atoms with Gasteiger partial charge in [0, 0.05) is 22.2 Å². The van der Waals surface area contributed by atoms with Crippen LogP contribution in [0.1, 0.15) is 29.8 Å². The zero-order chi connectivity index (χ0) is 20.4. The summed E-state index contributed by atoms with van der Waals surface area (Å²) in [4.78, 5) is 24.9. The van der Waals surface area contributed by atoms with Crippen LogP contribution in [0.25, 0.3) is 0 Å². The topological polar surface area (TPSA) is 64.6 Å². The van der Waals surface area contributed by atoms with Gasteiger partial charge in [0.05, 0.1) is 18.3 Å². The van der Waals surface area contributed by atoms with Gasteiger partial charge in [-0.05, 0) is 55.8 Å². The van der Waals surface area contributed by atoms with Crippen LogP contribution in [-0.4, -0.2) is 36.9 Å². The van der Waals surface area contributed by atoms with E-state index in [1.807, 2.05) is 50.2 Å². The number of carbonyl (C=O) groups excluding carboxylic acids is 2. The molecule has 2 rings (SSSR count). The minimum absolute atomic E-state index is 0.146. The first-order valence-corrected chi connectivity index (χ1v) is 10.3. The van der Waals surface area contributed by atoms with E-state index in [1.54, 1.807) is 23.9 Å². The molecule has 2 aromatic rings. The van der Waals surface area contributed by atoms with Crippen LogP contribution < -0.4 is 5.32 Å². The van der Waals surface area contributed by atoms with Crippen molar-refractivity contribution < 1.29 is 19.1 Å². The van der Waals surface area contributed by atoms with Gasteiger partial charge in [0.2, 0.25) is 0 Å². The molecule has 0 aromatic heterocycles. The van der Waals surface area contributed by atoms with Crippen molar-refractivity contribution in [3.63, 3.8) is 0 Å². The molecule has 0 saturated heterocycles. The van der Waals surface area contributed by atoms with Crippen LogP contribution in [-0.2, 0) is 20.9 Å². The first-order chi connectivity index (χ1) is 13.4. The third-order valence-electron chi connectivity index (χ3n) is 3.61. The largest absolute Gasteiger partial charge is 0.452 e. The summed E-state index contributed by atoms with van der Waals surface area (Å²) in [5.41, 5.74) is 1.38. The second-order valence-corrected chi connectivity index (χ2v) is 7.89. The number of carbonyl (C=O) groups is 2. The molecule has 2 aromatic carbocycles. The average molecular weight is 422 g/mol. The van der Waals surface area contributed by atoms with Crippen LogP contribution >= 0.6 is 23.4 Å². The van der Waals surface area contributed by atoms with E-state index in [1.165, 1.54) is 0 Å². The van der Waals surface area contributed by atoms with Gasteiger partial charge in [-0.1, -0.05) is 23.7 Å². The van der Waals surface area contributed by atoms with Crippen LogP contribution in [0.3, 0.4) is 0 Å². The molecule has 0 aliphatic heterocycles. The third-order valence-corrected chi connectivity index (χ3v) is 4.88. The Morgan fingerprint density at radius 2 is 1.75 bits per heavy atom. The lowest BCUT2D eigenvalue weighted by atomic mass is 10.1. The Labute approximate surface area is 174 Å². The van der Waals surface area contributed by atoms with Crippen molar-refractivity contribution in [3.8, 4) is 0 Å². The molecule has 0 aliphatic rings. The molecular formula is C21H24ClNO4S. The van der Waals surface area contributed by atoms with Crippen LogP contribution in [0, 0.1) is 0 Å². The highest BCUT2D eigenvalue weighted by atomic mass is 35.5. The van der Waals surface area contributed by atoms with Crippen LogP contribution in [0.2, 0.25) is 5.02 Å². The van der Waals surface area contributed by atoms with Crippen LogP contribution in [0.4, 0.5) is 0 Å². The zero-order valence-corrected chi connectivity index (χ0v) is 17.5. The van der Waals surface area contributed by atoms with Gasteiger partial charge >= 0.3 is 5.97 Å². The van der Waals surface area contributed by atoms with Crippen molar-refractivity contribution in [2.45, 2.75) is 31.5 Å². The molecule has 0 fully saturated rings. The lowest BCUT2D eigenvalue weighted by molar-refractivity contribution is -0.124. The molecule has 0 spiro atoms. The quantitative estimate of drug-likeness (QED) is 0.351. The van der Waals surface area contributed by atoms with Crippen molar-refractivity contribution in [2.75, 3.05) is 18.9 Å². The van der Waals surface area contributed by atoms with Gasteiger partial charge in [-0.2, -0.15) is 0 Å². The number of hydrogen-bond donors (Lipinski definition) is 1. The molecule has 0 heterocycles. The monoisotopic (exact) mass is 421 g/mol. The number of benzene rings is 2. The Morgan fingerprint density at radius 1 is 1.07 bits per heavy atom. The summed E-state index contributed by atoms with van der Waals surface area (Å²) in [6.07, 6.45) is 0.146. The molecule has 0 unspecified atom stereocenters. The van der Waals surface area contributed by atoms with Gasteiger partial charge in [0.1, 0.15) is 0 Å². The number of thioether (sulfide) groups is 1. The SMILES string of the molecule is CC(C)OCc1ccc(C(=O)OCC(=O)NCCSc2ccc(Cl)cc2)cc1. The highest BCUT2D eigenvalue weighted by Gasteiger charge is 2.10. The second-order valence-electron chi connectivity index (χ2n) is 6.29. The summed E-state index contributed by atoms with van der Waals surface area (Å²) in [7, 11) is 0. The summed E-state index contributed by atoms with van der Waals surface area (Å²) >= 11 is 7.45. The molecular weight excluding hydrogens is 398 g/mol. The zero-order valence-electron chi connectivity index (χ0n) is 15.9. The summed E-state index contributed by atoms with van der Waals surface area (Å²) < 4.78 is 10.6. The fourth-order valence-corrected chi connectivity index (χ4v) is 3.05. The predicted molar refractivity (Wildman–Crippen MR) is 112 cm³/mol. The summed E-state index contributed by atoms with van der Waals surface area (Å²) in [6.45, 7) is 4.60. The number of nitrogens with one attached hydrogen (secondary N) is 1. The minimum Gasteiger partial charge on any atom is -0.452 e. The maximum atomic E-state index is 12.0. The molecule has 0 atom stereocenters. The highest BCUT2D eigenvalue weighted by molar-refractivity contribution is 7.99. The van der Waals surface area contributed by atoms with Gasteiger partial charge in [0.25, 0.3) is 5.91 Å². The number of amides is 1. The van der Waals surface area contributed by atoms with Gasteiger partial charge in [-0.15, -0.1) is 11.8 Å². The molecule has 1 amide bonds. The first-order valence-electron chi connectivity index (χ1n) is 8.97. The maximum absolute atomic E-state index is 12.0. The Hall–Kier alpha value is -2.02. The third kappa shape index (κ3) is 8.33. The molecule has 5 nitrogen and oxygen atoms in total. The van der Waals surface area contributed by atoms with Crippen molar-refractivity contribution >= 4 is 35.2 Å². The Kier molecular flexibility index (Phi) is 9.34. The predicted octanol–water partition coefficient (Wildman–Crippen LogP) is 4.33. The number of halogens is 1. The second kappa shape index (κ2) is 11.7. The Morgan fingerprint density at radius 3 is 2.39 bits per heavy atom. The van der Waals surface area contributed by atoms with Crippen molar-refractivity contribution in [1.82, 2.24) is 5.32 Å². The standard InChI is InChI=1S/C21H24ClNO4S/c1-15(2)26-13-16-3-5-17(6-4-16)21(25)27-14-20(24)23-11-12-28-19-9-7-18(22)8-10-19/h3-10,15H,11-14H2,1-2H3,(H,23,24). The van der Waals surface area contributed by atoms with Gasteiger partial charge in [0.15, 0.2) is 6.61 Å². The molecule has 0 saturated carbocycles. The molecule has 28 heavy (non-hydrogen) atoms. The first kappa shape index (κ1) is 22.3. The van der Waals surface area contributed by atoms with E-state index >= 15 is 0 Å². The number of esters is 1. The lowest BCUT2D eigenvalue weighted by Crippen LogP contribution is -2.30. The Balaban J connectivity index is 1.64. The normalized spacial score (nSPS) is 10.7.